The number of nitrogens with one attached hydrogen (secondary N) is 1. The van der Waals surface area contributed by atoms with E-state index in [1.54, 1.807) is 25.3 Å². The van der Waals surface area contributed by atoms with E-state index in [2.05, 4.69) is 10.3 Å². The molecule has 22 heavy (non-hydrogen) atoms. The van der Waals surface area contributed by atoms with Gasteiger partial charge in [-0.05, 0) is 37.1 Å². The average Bonchev–Trinajstić information content (AvgIpc) is 2.96. The molecule has 1 saturated heterocycles. The fraction of sp³-hybridized carbons (Fsp3) is 0.400. The quantitative estimate of drug-likeness (QED) is 0.637. The predicted molar refractivity (Wildman–Crippen MR) is 81.5 cm³/mol. The molecule has 0 aromatic carbocycles. The summed E-state index contributed by atoms with van der Waals surface area (Å²) < 4.78 is 4.79. The Morgan fingerprint density at radius 2 is 2.36 bits per heavy atom. The van der Waals surface area contributed by atoms with Gasteiger partial charge in [-0.3, -0.25) is 0 Å². The van der Waals surface area contributed by atoms with Gasteiger partial charge in [-0.15, -0.1) is 0 Å². The second kappa shape index (κ2) is 7.44. The zero-order valence-corrected chi connectivity index (χ0v) is 12.4. The van der Waals surface area contributed by atoms with Crippen LogP contribution in [0.15, 0.2) is 24.4 Å². The largest absolute Gasteiger partial charge is 0.465 e. The first-order valence-corrected chi connectivity index (χ1v) is 7.13. The van der Waals surface area contributed by atoms with Crippen LogP contribution in [0.3, 0.4) is 0 Å². The maximum atomic E-state index is 11.2. The minimum atomic E-state index is -0.892. The summed E-state index contributed by atoms with van der Waals surface area (Å²) in [7, 11) is 0. The molecule has 118 valence electrons. The molecule has 2 heterocycles. The molecule has 2 rings (SSSR count). The van der Waals surface area contributed by atoms with E-state index >= 15 is 0 Å². The van der Waals surface area contributed by atoms with E-state index in [-0.39, 0.29) is 12.0 Å². The molecular formula is C15H19N3O4. The Morgan fingerprint density at radius 1 is 1.55 bits per heavy atom. The minimum absolute atomic E-state index is 0.0736. The molecule has 0 spiro atoms. The number of ether oxygens (including phenoxy) is 1. The number of hydrogen-bond acceptors (Lipinski definition) is 5. The van der Waals surface area contributed by atoms with Crippen molar-refractivity contribution in [3.63, 3.8) is 0 Å². The molecule has 0 aliphatic carbocycles. The van der Waals surface area contributed by atoms with E-state index in [0.29, 0.717) is 25.5 Å². The van der Waals surface area contributed by atoms with Crippen molar-refractivity contribution in [1.82, 2.24) is 9.88 Å². The van der Waals surface area contributed by atoms with Gasteiger partial charge in [0, 0.05) is 31.4 Å². The number of aromatic nitrogens is 1. The van der Waals surface area contributed by atoms with Crippen molar-refractivity contribution in [2.45, 2.75) is 19.4 Å². The lowest BCUT2D eigenvalue weighted by Crippen LogP contribution is -2.30. The highest BCUT2D eigenvalue weighted by Crippen LogP contribution is 2.15. The van der Waals surface area contributed by atoms with Gasteiger partial charge >= 0.3 is 12.1 Å². The molecule has 7 heteroatoms. The Kier molecular flexibility index (Phi) is 5.35. The summed E-state index contributed by atoms with van der Waals surface area (Å²) in [5.74, 6) is 0.301. The van der Waals surface area contributed by atoms with Gasteiger partial charge in [0.15, 0.2) is 0 Å². The SMILES string of the molecule is CCOC(=O)C=Cc1ccc(N[C@@H]2CCN(C(=O)O)C2)nc1. The van der Waals surface area contributed by atoms with Gasteiger partial charge in [-0.2, -0.15) is 0 Å². The molecule has 2 N–H and O–H groups in total. The van der Waals surface area contributed by atoms with Crippen LogP contribution in [0.1, 0.15) is 18.9 Å². The van der Waals surface area contributed by atoms with Gasteiger partial charge in [0.1, 0.15) is 5.82 Å². The Hall–Kier alpha value is -2.57. The molecule has 1 aliphatic rings. The zero-order chi connectivity index (χ0) is 15.9. The first-order valence-electron chi connectivity index (χ1n) is 7.13. The average molecular weight is 305 g/mol. The zero-order valence-electron chi connectivity index (χ0n) is 12.4. The number of hydrogen-bond donors (Lipinski definition) is 2. The van der Waals surface area contributed by atoms with Crippen molar-refractivity contribution in [3.05, 3.63) is 30.0 Å². The number of rotatable bonds is 5. The van der Waals surface area contributed by atoms with Crippen molar-refractivity contribution >= 4 is 24.0 Å². The Balaban J connectivity index is 1.87. The summed E-state index contributed by atoms with van der Waals surface area (Å²) in [6.45, 7) is 3.09. The summed E-state index contributed by atoms with van der Waals surface area (Å²) in [4.78, 5) is 27.7. The molecular weight excluding hydrogens is 286 g/mol. The topological polar surface area (TPSA) is 91.8 Å². The van der Waals surface area contributed by atoms with E-state index in [4.69, 9.17) is 9.84 Å². The number of carbonyl (C=O) groups excluding carboxylic acids is 1. The molecule has 0 unspecified atom stereocenters. The van der Waals surface area contributed by atoms with Crippen molar-refractivity contribution in [1.29, 1.82) is 0 Å². The molecule has 0 radical (unpaired) electrons. The fourth-order valence-corrected chi connectivity index (χ4v) is 2.20. The molecule has 0 saturated carbocycles. The van der Waals surface area contributed by atoms with Crippen LogP contribution < -0.4 is 5.32 Å². The van der Waals surface area contributed by atoms with Gasteiger partial charge in [0.25, 0.3) is 0 Å². The monoisotopic (exact) mass is 305 g/mol. The van der Waals surface area contributed by atoms with Gasteiger partial charge in [0.2, 0.25) is 0 Å². The van der Waals surface area contributed by atoms with Gasteiger partial charge in [0.05, 0.1) is 6.61 Å². The first kappa shape index (κ1) is 15.8. The highest BCUT2D eigenvalue weighted by Gasteiger charge is 2.25. The normalized spacial score (nSPS) is 17.7. The van der Waals surface area contributed by atoms with Crippen LogP contribution in [-0.2, 0) is 9.53 Å². The predicted octanol–water partition coefficient (Wildman–Crippen LogP) is 1.82. The Bertz CT molecular complexity index is 556. The Labute approximate surface area is 128 Å². The fourth-order valence-electron chi connectivity index (χ4n) is 2.20. The number of amides is 1. The summed E-state index contributed by atoms with van der Waals surface area (Å²) in [6.07, 6.45) is 4.50. The molecule has 0 bridgehead atoms. The number of likely N-dealkylation sites (tertiary alicyclic amines) is 1. The standard InChI is InChI=1S/C15H19N3O4/c1-2-22-14(19)6-4-11-3-5-13(16-9-11)17-12-7-8-18(10-12)15(20)21/h3-6,9,12H,2,7-8,10H2,1H3,(H,16,17)(H,20,21)/t12-/m1/s1. The minimum Gasteiger partial charge on any atom is -0.465 e. The highest BCUT2D eigenvalue weighted by molar-refractivity contribution is 5.86. The molecule has 1 aromatic heterocycles. The van der Waals surface area contributed by atoms with Crippen LogP contribution in [0, 0.1) is 0 Å². The van der Waals surface area contributed by atoms with Crippen LogP contribution >= 0.6 is 0 Å². The van der Waals surface area contributed by atoms with Crippen molar-refractivity contribution in [3.8, 4) is 0 Å². The smallest absolute Gasteiger partial charge is 0.407 e. The summed E-state index contributed by atoms with van der Waals surface area (Å²) in [5, 5.41) is 12.1. The summed E-state index contributed by atoms with van der Waals surface area (Å²) >= 11 is 0. The van der Waals surface area contributed by atoms with E-state index in [1.165, 1.54) is 11.0 Å². The maximum absolute atomic E-state index is 11.2. The Morgan fingerprint density at radius 3 is 2.95 bits per heavy atom. The number of carbonyl (C=O) groups is 2. The first-order chi connectivity index (χ1) is 10.6. The maximum Gasteiger partial charge on any atom is 0.407 e. The van der Waals surface area contributed by atoms with Gasteiger partial charge < -0.3 is 20.1 Å². The summed E-state index contributed by atoms with van der Waals surface area (Å²) in [6, 6.07) is 3.70. The van der Waals surface area contributed by atoms with Crippen molar-refractivity contribution < 1.29 is 19.4 Å². The van der Waals surface area contributed by atoms with E-state index in [0.717, 1.165) is 12.0 Å². The van der Waals surface area contributed by atoms with Crippen LogP contribution in [0.25, 0.3) is 6.08 Å². The molecule has 7 nitrogen and oxygen atoms in total. The highest BCUT2D eigenvalue weighted by atomic mass is 16.5. The molecule has 1 atom stereocenters. The lowest BCUT2D eigenvalue weighted by atomic mass is 10.2. The molecule has 1 fully saturated rings. The second-order valence-electron chi connectivity index (χ2n) is 4.92. The van der Waals surface area contributed by atoms with Crippen LogP contribution in [0.5, 0.6) is 0 Å². The number of carboxylic acid groups (broad SMARTS) is 1. The number of esters is 1. The lowest BCUT2D eigenvalue weighted by Gasteiger charge is -2.14. The van der Waals surface area contributed by atoms with Crippen LogP contribution in [0.2, 0.25) is 0 Å². The van der Waals surface area contributed by atoms with E-state index in [9.17, 15) is 9.59 Å². The van der Waals surface area contributed by atoms with Crippen molar-refractivity contribution in [2.75, 3.05) is 25.0 Å². The number of pyridine rings is 1. The lowest BCUT2D eigenvalue weighted by molar-refractivity contribution is -0.137. The number of anilines is 1. The molecule has 1 aliphatic heterocycles. The van der Waals surface area contributed by atoms with E-state index < -0.39 is 6.09 Å². The van der Waals surface area contributed by atoms with Crippen LogP contribution in [0.4, 0.5) is 10.6 Å². The van der Waals surface area contributed by atoms with Gasteiger partial charge in [-0.1, -0.05) is 0 Å². The van der Waals surface area contributed by atoms with E-state index in [1.807, 2.05) is 6.07 Å². The summed E-state index contributed by atoms with van der Waals surface area (Å²) in [5.41, 5.74) is 0.789. The van der Waals surface area contributed by atoms with Crippen molar-refractivity contribution in [2.24, 2.45) is 0 Å². The third-order valence-corrected chi connectivity index (χ3v) is 3.30. The molecule has 1 amide bonds. The van der Waals surface area contributed by atoms with Crippen LogP contribution in [-0.4, -0.2) is 52.8 Å². The second-order valence-corrected chi connectivity index (χ2v) is 4.92. The number of nitrogens with zero attached hydrogens (tertiary/aromatic N) is 2. The molecule has 1 aromatic rings. The van der Waals surface area contributed by atoms with Gasteiger partial charge in [-0.25, -0.2) is 14.6 Å². The third-order valence-electron chi connectivity index (χ3n) is 3.30. The third kappa shape index (κ3) is 4.47.